The lowest BCUT2D eigenvalue weighted by molar-refractivity contribution is 0.252. The van der Waals surface area contributed by atoms with E-state index >= 15 is 0 Å². The van der Waals surface area contributed by atoms with Crippen molar-refractivity contribution in [2.45, 2.75) is 19.4 Å². The van der Waals surface area contributed by atoms with Crippen molar-refractivity contribution in [2.24, 2.45) is 0 Å². The highest BCUT2D eigenvalue weighted by Crippen LogP contribution is 2.51. The molecule has 20 heavy (non-hydrogen) atoms. The minimum Gasteiger partial charge on any atom is -0.507 e. The lowest BCUT2D eigenvalue weighted by atomic mass is 9.95. The number of halogens is 2. The van der Waals surface area contributed by atoms with Crippen LogP contribution in [0.4, 0.5) is 0 Å². The third kappa shape index (κ3) is 2.15. The maximum atomic E-state index is 10.1. The highest BCUT2D eigenvalue weighted by atomic mass is 79.9. The quantitative estimate of drug-likeness (QED) is 0.749. The van der Waals surface area contributed by atoms with Crippen molar-refractivity contribution < 1.29 is 9.84 Å². The second-order valence-electron chi connectivity index (χ2n) is 4.68. The number of hydrogen-bond acceptors (Lipinski definition) is 2. The van der Waals surface area contributed by atoms with Crippen molar-refractivity contribution in [3.63, 3.8) is 0 Å². The summed E-state index contributed by atoms with van der Waals surface area (Å²) in [5, 5.41) is 10.1. The molecule has 1 aliphatic heterocycles. The molecule has 4 heteroatoms. The van der Waals surface area contributed by atoms with Gasteiger partial charge < -0.3 is 9.84 Å². The molecule has 0 aliphatic carbocycles. The molecule has 1 N–H and O–H groups in total. The number of para-hydroxylation sites is 1. The van der Waals surface area contributed by atoms with Crippen LogP contribution in [-0.2, 0) is 0 Å². The van der Waals surface area contributed by atoms with Gasteiger partial charge in [-0.05, 0) is 24.6 Å². The van der Waals surface area contributed by atoms with E-state index in [1.54, 1.807) is 6.07 Å². The zero-order valence-corrected chi connectivity index (χ0v) is 14.0. The number of hydrogen-bond donors (Lipinski definition) is 1. The van der Waals surface area contributed by atoms with Crippen molar-refractivity contribution in [1.29, 1.82) is 0 Å². The van der Waals surface area contributed by atoms with Gasteiger partial charge in [-0.25, -0.2) is 0 Å². The van der Waals surface area contributed by atoms with E-state index < -0.39 is 0 Å². The summed E-state index contributed by atoms with van der Waals surface area (Å²) in [6.07, 6.45) is 0.941. The first-order valence-electron chi connectivity index (χ1n) is 6.43. The normalized spacial score (nSPS) is 17.9. The summed E-state index contributed by atoms with van der Waals surface area (Å²) in [4.78, 5) is 1.04. The Kier molecular flexibility index (Phi) is 3.78. The molecule has 1 radical (unpaired) electrons. The Morgan fingerprint density at radius 2 is 1.85 bits per heavy atom. The number of aromatic hydroxyl groups is 1. The second kappa shape index (κ2) is 5.41. The van der Waals surface area contributed by atoms with Gasteiger partial charge in [-0.1, -0.05) is 57.0 Å². The van der Waals surface area contributed by atoms with Crippen molar-refractivity contribution in [2.75, 3.05) is 0 Å². The van der Waals surface area contributed by atoms with Crippen LogP contribution in [0.15, 0.2) is 40.9 Å². The van der Waals surface area contributed by atoms with E-state index in [4.69, 9.17) is 4.74 Å². The third-order valence-corrected chi connectivity index (χ3v) is 5.02. The molecule has 103 valence electrons. The van der Waals surface area contributed by atoms with Crippen LogP contribution in [0.3, 0.4) is 0 Å². The molecule has 1 atom stereocenters. The van der Waals surface area contributed by atoms with Gasteiger partial charge in [0, 0.05) is 21.2 Å². The summed E-state index contributed by atoms with van der Waals surface area (Å²) >= 11 is 7.25. The van der Waals surface area contributed by atoms with Gasteiger partial charge in [-0.15, -0.1) is 0 Å². The van der Waals surface area contributed by atoms with Gasteiger partial charge in [0.25, 0.3) is 0 Å². The van der Waals surface area contributed by atoms with E-state index in [0.29, 0.717) is 0 Å². The Labute approximate surface area is 135 Å². The summed E-state index contributed by atoms with van der Waals surface area (Å²) in [7, 11) is 0. The van der Waals surface area contributed by atoms with Gasteiger partial charge in [-0.3, -0.25) is 0 Å². The molecule has 0 bridgehead atoms. The number of phenols is 1. The molecule has 0 aromatic heterocycles. The SMILES string of the molecule is CCC1Oc2ccc(Br)c(-c3ccccc3O)c2[C]1Br. The molecule has 1 unspecified atom stereocenters. The number of phenolic OH excluding ortho intramolecular Hbond substituents is 1. The monoisotopic (exact) mass is 395 g/mol. The summed E-state index contributed by atoms with van der Waals surface area (Å²) in [5.74, 6) is 1.12. The van der Waals surface area contributed by atoms with Gasteiger partial charge in [0.05, 0.1) is 0 Å². The highest BCUT2D eigenvalue weighted by Gasteiger charge is 2.35. The largest absolute Gasteiger partial charge is 0.507 e. The van der Waals surface area contributed by atoms with Gasteiger partial charge in [0.2, 0.25) is 0 Å². The van der Waals surface area contributed by atoms with Crippen LogP contribution < -0.4 is 4.74 Å². The average Bonchev–Trinajstić information content (AvgIpc) is 2.77. The molecule has 0 saturated heterocycles. The highest BCUT2D eigenvalue weighted by molar-refractivity contribution is 9.11. The molecular weight excluding hydrogens is 384 g/mol. The van der Waals surface area contributed by atoms with Gasteiger partial charge in [0.15, 0.2) is 0 Å². The molecule has 0 amide bonds. The summed E-state index contributed by atoms with van der Waals surface area (Å²) in [6.45, 7) is 2.09. The molecule has 2 aromatic rings. The fraction of sp³-hybridized carbons (Fsp3) is 0.188. The average molecular weight is 397 g/mol. The Hall–Kier alpha value is -1.00. The van der Waals surface area contributed by atoms with Crippen molar-refractivity contribution >= 4 is 31.9 Å². The summed E-state index contributed by atoms with van der Waals surface area (Å²) in [5.41, 5.74) is 2.78. The van der Waals surface area contributed by atoms with E-state index in [0.717, 1.165) is 38.2 Å². The molecule has 1 heterocycles. The Morgan fingerprint density at radius 3 is 2.55 bits per heavy atom. The molecular formula is C16H13Br2O2. The first kappa shape index (κ1) is 14.0. The zero-order valence-electron chi connectivity index (χ0n) is 10.9. The smallest absolute Gasteiger partial charge is 0.125 e. The van der Waals surface area contributed by atoms with Crippen LogP contribution in [-0.4, -0.2) is 11.2 Å². The van der Waals surface area contributed by atoms with Crippen molar-refractivity contribution in [1.82, 2.24) is 0 Å². The first-order valence-corrected chi connectivity index (χ1v) is 8.02. The Bertz CT molecular complexity index is 655. The molecule has 3 rings (SSSR count). The van der Waals surface area contributed by atoms with Crippen LogP contribution in [0.2, 0.25) is 0 Å². The van der Waals surface area contributed by atoms with Gasteiger partial charge >= 0.3 is 0 Å². The third-order valence-electron chi connectivity index (χ3n) is 3.45. The van der Waals surface area contributed by atoms with E-state index in [1.807, 2.05) is 30.3 Å². The minimum atomic E-state index is 0.0453. The predicted octanol–water partition coefficient (Wildman–Crippen LogP) is 5.27. The second-order valence-corrected chi connectivity index (χ2v) is 6.38. The van der Waals surface area contributed by atoms with Crippen LogP contribution in [0, 0.1) is 4.83 Å². The number of rotatable bonds is 2. The fourth-order valence-electron chi connectivity index (χ4n) is 2.47. The van der Waals surface area contributed by atoms with Crippen LogP contribution in [0.1, 0.15) is 18.9 Å². The molecule has 0 fully saturated rings. The summed E-state index contributed by atoms with van der Waals surface area (Å²) in [6, 6.07) is 11.3. The standard InChI is InChI=1S/C16H13Br2O2/c1-2-12-16(18)15-13(20-12)8-7-10(17)14(15)9-5-3-4-6-11(9)19/h3-8,12,19H,2H2,1H3. The first-order chi connectivity index (χ1) is 9.63. The van der Waals surface area contributed by atoms with Crippen LogP contribution >= 0.6 is 31.9 Å². The van der Waals surface area contributed by atoms with Gasteiger partial charge in [0.1, 0.15) is 22.4 Å². The number of fused-ring (bicyclic) bond motifs is 1. The summed E-state index contributed by atoms with van der Waals surface area (Å²) < 4.78 is 6.88. The lowest BCUT2D eigenvalue weighted by Crippen LogP contribution is -2.13. The number of ether oxygens (including phenoxy) is 1. The van der Waals surface area contributed by atoms with E-state index in [9.17, 15) is 5.11 Å². The zero-order chi connectivity index (χ0) is 14.3. The molecule has 0 spiro atoms. The lowest BCUT2D eigenvalue weighted by Gasteiger charge is -2.13. The number of benzene rings is 2. The van der Waals surface area contributed by atoms with Gasteiger partial charge in [-0.2, -0.15) is 0 Å². The van der Waals surface area contributed by atoms with Crippen molar-refractivity contribution in [3.05, 3.63) is 51.3 Å². The maximum Gasteiger partial charge on any atom is 0.125 e. The molecule has 0 saturated carbocycles. The van der Waals surface area contributed by atoms with E-state index in [1.165, 1.54) is 0 Å². The molecule has 2 aromatic carbocycles. The Morgan fingerprint density at radius 1 is 1.10 bits per heavy atom. The van der Waals surface area contributed by atoms with E-state index in [2.05, 4.69) is 38.8 Å². The molecule has 1 aliphatic rings. The topological polar surface area (TPSA) is 29.5 Å². The van der Waals surface area contributed by atoms with Crippen LogP contribution in [0.5, 0.6) is 11.5 Å². The van der Waals surface area contributed by atoms with Crippen molar-refractivity contribution in [3.8, 4) is 22.6 Å². The minimum absolute atomic E-state index is 0.0453. The van der Waals surface area contributed by atoms with Crippen LogP contribution in [0.25, 0.3) is 11.1 Å². The Balaban J connectivity index is 2.24. The molecule has 2 nitrogen and oxygen atoms in total. The maximum absolute atomic E-state index is 10.1. The fourth-order valence-corrected chi connectivity index (χ4v) is 3.83. The predicted molar refractivity (Wildman–Crippen MR) is 87.2 cm³/mol. The van der Waals surface area contributed by atoms with E-state index in [-0.39, 0.29) is 11.9 Å².